The first kappa shape index (κ1) is 17.3. The van der Waals surface area contributed by atoms with E-state index >= 15 is 0 Å². The molecule has 4 rings (SSSR count). The molecule has 2 aromatic carbocycles. The zero-order valence-electron chi connectivity index (χ0n) is 14.6. The second-order valence-electron chi connectivity index (χ2n) is 5.85. The smallest absolute Gasteiger partial charge is 0.322 e. The molecule has 0 aliphatic rings. The molecule has 2 heterocycles. The van der Waals surface area contributed by atoms with Crippen LogP contribution in [0.4, 0.5) is 6.01 Å². The van der Waals surface area contributed by atoms with Crippen LogP contribution in [0.5, 0.6) is 0 Å². The molecule has 0 radical (unpaired) electrons. The minimum atomic E-state index is -0.421. The molecule has 0 saturated heterocycles. The Morgan fingerprint density at radius 2 is 1.43 bits per heavy atom. The molecule has 0 bridgehead atoms. The quantitative estimate of drug-likeness (QED) is 0.539. The van der Waals surface area contributed by atoms with Crippen LogP contribution in [0.2, 0.25) is 0 Å². The number of ketones is 1. The third kappa shape index (κ3) is 3.68. The largest absolute Gasteiger partial charge is 0.401 e. The molecule has 7 nitrogen and oxygen atoms in total. The molecule has 0 aliphatic carbocycles. The molecule has 0 saturated carbocycles. The van der Waals surface area contributed by atoms with Crippen molar-refractivity contribution < 1.29 is 14.0 Å². The Bertz CT molecular complexity index is 1110. The van der Waals surface area contributed by atoms with Gasteiger partial charge in [-0.05, 0) is 24.3 Å². The van der Waals surface area contributed by atoms with E-state index in [9.17, 15) is 9.59 Å². The molecule has 4 aromatic rings. The van der Waals surface area contributed by atoms with Gasteiger partial charge >= 0.3 is 6.01 Å². The third-order valence-electron chi connectivity index (χ3n) is 3.97. The van der Waals surface area contributed by atoms with Crippen molar-refractivity contribution >= 4 is 17.7 Å². The zero-order chi connectivity index (χ0) is 19.3. The summed E-state index contributed by atoms with van der Waals surface area (Å²) in [4.78, 5) is 28.9. The van der Waals surface area contributed by atoms with Crippen LogP contribution in [0.25, 0.3) is 11.6 Å². The SMILES string of the molecule is O=C(Nc1nnc(-c2ccccn2)o1)c1ccc(C(=O)c2ccccc2)cc1. The molecule has 2 aromatic heterocycles. The van der Waals surface area contributed by atoms with Gasteiger partial charge in [-0.1, -0.05) is 53.6 Å². The average Bonchev–Trinajstić information content (AvgIpc) is 3.23. The molecule has 0 atom stereocenters. The fraction of sp³-hybridized carbons (Fsp3) is 0. The number of hydrogen-bond acceptors (Lipinski definition) is 6. The molecule has 136 valence electrons. The van der Waals surface area contributed by atoms with Crippen LogP contribution in [0, 0.1) is 0 Å². The van der Waals surface area contributed by atoms with Crippen LogP contribution in [0.1, 0.15) is 26.3 Å². The molecule has 0 aliphatic heterocycles. The van der Waals surface area contributed by atoms with E-state index in [1.54, 1.807) is 72.9 Å². The highest BCUT2D eigenvalue weighted by molar-refractivity contribution is 6.10. The molecule has 0 spiro atoms. The van der Waals surface area contributed by atoms with Crippen LogP contribution in [-0.2, 0) is 0 Å². The summed E-state index contributed by atoms with van der Waals surface area (Å²) in [5.41, 5.74) is 1.96. The predicted octanol–water partition coefficient (Wildman–Crippen LogP) is 3.61. The number of carbonyl (C=O) groups excluding carboxylic acids is 2. The maximum Gasteiger partial charge on any atom is 0.322 e. The minimum absolute atomic E-state index is 0.0323. The Labute approximate surface area is 160 Å². The molecule has 28 heavy (non-hydrogen) atoms. The van der Waals surface area contributed by atoms with Crippen molar-refractivity contribution in [3.05, 3.63) is 95.7 Å². The van der Waals surface area contributed by atoms with Gasteiger partial charge in [0.25, 0.3) is 11.8 Å². The summed E-state index contributed by atoms with van der Waals surface area (Å²) < 4.78 is 5.41. The van der Waals surface area contributed by atoms with Gasteiger partial charge in [0.1, 0.15) is 5.69 Å². The first-order valence-electron chi connectivity index (χ1n) is 8.47. The van der Waals surface area contributed by atoms with Gasteiger partial charge < -0.3 is 4.42 Å². The summed E-state index contributed by atoms with van der Waals surface area (Å²) in [5.74, 6) is -0.320. The summed E-state index contributed by atoms with van der Waals surface area (Å²) in [6, 6.07) is 20.6. The standard InChI is InChI=1S/C21H14N4O3/c26-18(14-6-2-1-3-7-14)15-9-11-16(12-10-15)19(27)23-21-25-24-20(28-21)17-8-4-5-13-22-17/h1-13H,(H,23,25,27). The average molecular weight is 370 g/mol. The fourth-order valence-electron chi connectivity index (χ4n) is 2.56. The highest BCUT2D eigenvalue weighted by atomic mass is 16.4. The van der Waals surface area contributed by atoms with Crippen molar-refractivity contribution in [2.75, 3.05) is 5.32 Å². The number of pyridine rings is 1. The Morgan fingerprint density at radius 1 is 0.750 bits per heavy atom. The van der Waals surface area contributed by atoms with Gasteiger partial charge in [0.05, 0.1) is 0 Å². The van der Waals surface area contributed by atoms with Crippen LogP contribution in [0.15, 0.2) is 83.4 Å². The van der Waals surface area contributed by atoms with Gasteiger partial charge in [-0.2, -0.15) is 0 Å². The lowest BCUT2D eigenvalue weighted by Crippen LogP contribution is -2.12. The van der Waals surface area contributed by atoms with Crippen molar-refractivity contribution in [2.24, 2.45) is 0 Å². The van der Waals surface area contributed by atoms with E-state index in [4.69, 9.17) is 4.42 Å². The number of carbonyl (C=O) groups is 2. The topological polar surface area (TPSA) is 98.0 Å². The summed E-state index contributed by atoms with van der Waals surface area (Å²) in [6.07, 6.45) is 1.61. The summed E-state index contributed by atoms with van der Waals surface area (Å²) in [7, 11) is 0. The number of nitrogens with zero attached hydrogens (tertiary/aromatic N) is 3. The molecular weight excluding hydrogens is 356 g/mol. The Morgan fingerprint density at radius 3 is 2.14 bits per heavy atom. The predicted molar refractivity (Wildman–Crippen MR) is 102 cm³/mol. The van der Waals surface area contributed by atoms with Gasteiger partial charge in [-0.25, -0.2) is 0 Å². The number of amides is 1. The van der Waals surface area contributed by atoms with Crippen LogP contribution in [-0.4, -0.2) is 26.9 Å². The number of benzene rings is 2. The first-order valence-corrected chi connectivity index (χ1v) is 8.47. The van der Waals surface area contributed by atoms with Gasteiger partial charge in [0.2, 0.25) is 0 Å². The first-order chi connectivity index (χ1) is 13.7. The molecule has 1 amide bonds. The van der Waals surface area contributed by atoms with Crippen molar-refractivity contribution in [1.29, 1.82) is 0 Å². The van der Waals surface area contributed by atoms with Crippen LogP contribution in [0.3, 0.4) is 0 Å². The summed E-state index contributed by atoms with van der Waals surface area (Å²) in [6.45, 7) is 0. The van der Waals surface area contributed by atoms with Crippen LogP contribution < -0.4 is 5.32 Å². The van der Waals surface area contributed by atoms with Crippen molar-refractivity contribution in [2.45, 2.75) is 0 Å². The highest BCUT2D eigenvalue weighted by Gasteiger charge is 2.14. The summed E-state index contributed by atoms with van der Waals surface area (Å²) in [5, 5.41) is 10.2. The van der Waals surface area contributed by atoms with Crippen LogP contribution >= 0.6 is 0 Å². The van der Waals surface area contributed by atoms with Crippen molar-refractivity contribution in [3.8, 4) is 11.6 Å². The third-order valence-corrected chi connectivity index (χ3v) is 3.97. The maximum atomic E-state index is 12.4. The summed E-state index contributed by atoms with van der Waals surface area (Å²) >= 11 is 0. The van der Waals surface area contributed by atoms with E-state index in [0.29, 0.717) is 22.4 Å². The Kier molecular flexibility index (Phi) is 4.71. The lowest BCUT2D eigenvalue weighted by atomic mass is 10.0. The maximum absolute atomic E-state index is 12.4. The van der Waals surface area contributed by atoms with Gasteiger partial charge in [0.15, 0.2) is 5.78 Å². The van der Waals surface area contributed by atoms with Crippen molar-refractivity contribution in [1.82, 2.24) is 15.2 Å². The molecule has 7 heteroatoms. The van der Waals surface area contributed by atoms with Gasteiger partial charge in [-0.15, -0.1) is 5.10 Å². The van der Waals surface area contributed by atoms with Gasteiger partial charge in [0, 0.05) is 22.9 Å². The Hall–Kier alpha value is -4.13. The van der Waals surface area contributed by atoms with Gasteiger partial charge in [-0.3, -0.25) is 19.9 Å². The molecule has 0 unspecified atom stereocenters. The highest BCUT2D eigenvalue weighted by Crippen LogP contribution is 2.18. The second kappa shape index (κ2) is 7.63. The molecule has 0 fully saturated rings. The van der Waals surface area contributed by atoms with E-state index in [2.05, 4.69) is 20.5 Å². The molecular formula is C21H14N4O3. The number of rotatable bonds is 5. The zero-order valence-corrected chi connectivity index (χ0v) is 14.6. The van der Waals surface area contributed by atoms with Crippen molar-refractivity contribution in [3.63, 3.8) is 0 Å². The van der Waals surface area contributed by atoms with E-state index in [0.717, 1.165) is 0 Å². The number of anilines is 1. The monoisotopic (exact) mass is 370 g/mol. The lowest BCUT2D eigenvalue weighted by Gasteiger charge is -2.03. The minimum Gasteiger partial charge on any atom is -0.401 e. The fourth-order valence-corrected chi connectivity index (χ4v) is 2.56. The van der Waals surface area contributed by atoms with E-state index in [1.807, 2.05) is 6.07 Å². The molecule has 1 N–H and O–H groups in total. The number of hydrogen-bond donors (Lipinski definition) is 1. The van der Waals surface area contributed by atoms with E-state index in [-0.39, 0.29) is 17.7 Å². The Balaban J connectivity index is 1.46. The lowest BCUT2D eigenvalue weighted by molar-refractivity contribution is 0.101. The second-order valence-corrected chi connectivity index (χ2v) is 5.85. The van der Waals surface area contributed by atoms with E-state index in [1.165, 1.54) is 0 Å². The number of aromatic nitrogens is 3. The normalized spacial score (nSPS) is 10.4. The number of nitrogens with one attached hydrogen (secondary N) is 1. The van der Waals surface area contributed by atoms with E-state index < -0.39 is 5.91 Å².